The Bertz CT molecular complexity index is 471. The molecule has 1 atom stereocenters. The van der Waals surface area contributed by atoms with Crippen molar-refractivity contribution in [3.05, 3.63) is 29.6 Å². The lowest BCUT2D eigenvalue weighted by Crippen LogP contribution is -2.37. The summed E-state index contributed by atoms with van der Waals surface area (Å²) in [5, 5.41) is 4.77. The molecule has 1 aromatic heterocycles. The summed E-state index contributed by atoms with van der Waals surface area (Å²) in [5.41, 5.74) is 5.72. The molecule has 1 unspecified atom stereocenters. The molecular formula is C17H28N4. The van der Waals surface area contributed by atoms with Gasteiger partial charge in [0.05, 0.1) is 11.7 Å². The number of hydrogen-bond acceptors (Lipinski definition) is 3. The number of nitrogens with one attached hydrogen (secondary N) is 1. The van der Waals surface area contributed by atoms with Gasteiger partial charge in [-0.2, -0.15) is 5.10 Å². The molecule has 0 radical (unpaired) electrons. The van der Waals surface area contributed by atoms with Gasteiger partial charge in [-0.3, -0.25) is 16.0 Å². The second kappa shape index (κ2) is 7.23. The van der Waals surface area contributed by atoms with Crippen LogP contribution in [-0.4, -0.2) is 15.8 Å². The van der Waals surface area contributed by atoms with Crippen LogP contribution in [0.5, 0.6) is 0 Å². The molecule has 0 aliphatic heterocycles. The van der Waals surface area contributed by atoms with Crippen LogP contribution in [-0.2, 0) is 6.42 Å². The minimum absolute atomic E-state index is 0.307. The van der Waals surface area contributed by atoms with Gasteiger partial charge in [0.2, 0.25) is 0 Å². The Hall–Kier alpha value is -1.13. The molecule has 4 heteroatoms. The molecule has 1 aromatic rings. The van der Waals surface area contributed by atoms with Crippen molar-refractivity contribution in [1.29, 1.82) is 0 Å². The molecule has 3 N–H and O–H groups in total. The van der Waals surface area contributed by atoms with Crippen molar-refractivity contribution in [3.8, 4) is 0 Å². The van der Waals surface area contributed by atoms with Crippen LogP contribution in [0, 0.1) is 0 Å². The van der Waals surface area contributed by atoms with Gasteiger partial charge in [0, 0.05) is 18.7 Å². The zero-order valence-corrected chi connectivity index (χ0v) is 12.9. The number of nitrogens with two attached hydrogens (primary N) is 1. The van der Waals surface area contributed by atoms with Crippen LogP contribution in [0.1, 0.15) is 69.5 Å². The Morgan fingerprint density at radius 2 is 2.10 bits per heavy atom. The molecule has 0 aromatic carbocycles. The maximum atomic E-state index is 5.75. The molecule has 0 amide bonds. The van der Waals surface area contributed by atoms with E-state index in [-0.39, 0.29) is 0 Å². The molecule has 1 heterocycles. The lowest BCUT2D eigenvalue weighted by molar-refractivity contribution is 0.453. The molecule has 0 saturated heterocycles. The van der Waals surface area contributed by atoms with E-state index in [4.69, 9.17) is 10.9 Å². The number of hydrogen-bond donors (Lipinski definition) is 2. The van der Waals surface area contributed by atoms with E-state index in [0.29, 0.717) is 12.1 Å². The van der Waals surface area contributed by atoms with E-state index in [1.807, 2.05) is 0 Å². The first-order valence-corrected chi connectivity index (χ1v) is 8.53. The van der Waals surface area contributed by atoms with Gasteiger partial charge in [0.15, 0.2) is 0 Å². The largest absolute Gasteiger partial charge is 0.271 e. The monoisotopic (exact) mass is 288 g/mol. The second-order valence-corrected chi connectivity index (χ2v) is 6.61. The summed E-state index contributed by atoms with van der Waals surface area (Å²) in [4.78, 5) is 0. The third kappa shape index (κ3) is 3.95. The normalized spacial score (nSPS) is 21.5. The molecule has 1 saturated carbocycles. The number of nitrogens with zero attached hydrogens (tertiary/aromatic N) is 2. The molecule has 0 bridgehead atoms. The Morgan fingerprint density at radius 1 is 1.24 bits per heavy atom. The summed E-state index contributed by atoms with van der Waals surface area (Å²) in [7, 11) is 0. The smallest absolute Gasteiger partial charge is 0.0640 e. The fraction of sp³-hybridized carbons (Fsp3) is 0.706. The van der Waals surface area contributed by atoms with Crippen LogP contribution in [0.3, 0.4) is 0 Å². The van der Waals surface area contributed by atoms with Crippen molar-refractivity contribution in [2.24, 2.45) is 5.84 Å². The van der Waals surface area contributed by atoms with Gasteiger partial charge in [0.25, 0.3) is 0 Å². The standard InChI is InChI=1S/C17H28N4/c18-19-16(12-14-6-2-1-3-7-14)13-15-10-11-21(20-15)17-8-4-5-9-17/h6,10-11,16-17,19H,1-5,7-9,12-13,18H2. The average molecular weight is 288 g/mol. The van der Waals surface area contributed by atoms with Crippen LogP contribution >= 0.6 is 0 Å². The highest BCUT2D eigenvalue weighted by atomic mass is 15.3. The Labute approximate surface area is 127 Å². The maximum absolute atomic E-state index is 5.75. The van der Waals surface area contributed by atoms with Gasteiger partial charge < -0.3 is 0 Å². The average Bonchev–Trinajstić information content (AvgIpc) is 3.18. The predicted molar refractivity (Wildman–Crippen MR) is 85.7 cm³/mol. The SMILES string of the molecule is NNC(CC1=CCCCC1)Cc1ccn(C2CCCC2)n1. The first kappa shape index (κ1) is 14.8. The lowest BCUT2D eigenvalue weighted by Gasteiger charge is -2.19. The summed E-state index contributed by atoms with van der Waals surface area (Å²) < 4.78 is 2.18. The van der Waals surface area contributed by atoms with Crippen molar-refractivity contribution >= 4 is 0 Å². The third-order valence-corrected chi connectivity index (χ3v) is 4.95. The van der Waals surface area contributed by atoms with Crippen molar-refractivity contribution in [2.75, 3.05) is 0 Å². The van der Waals surface area contributed by atoms with Crippen molar-refractivity contribution in [3.63, 3.8) is 0 Å². The second-order valence-electron chi connectivity index (χ2n) is 6.61. The summed E-state index contributed by atoms with van der Waals surface area (Å²) in [5.74, 6) is 5.75. The van der Waals surface area contributed by atoms with E-state index in [1.54, 1.807) is 5.57 Å². The first-order valence-electron chi connectivity index (χ1n) is 8.53. The van der Waals surface area contributed by atoms with Crippen LogP contribution in [0.4, 0.5) is 0 Å². The van der Waals surface area contributed by atoms with Crippen LogP contribution in [0.25, 0.3) is 0 Å². The highest BCUT2D eigenvalue weighted by Gasteiger charge is 2.19. The van der Waals surface area contributed by atoms with Crippen molar-refractivity contribution in [1.82, 2.24) is 15.2 Å². The Kier molecular flexibility index (Phi) is 5.09. The highest BCUT2D eigenvalue weighted by Crippen LogP contribution is 2.29. The van der Waals surface area contributed by atoms with E-state index in [2.05, 4.69) is 28.4 Å². The van der Waals surface area contributed by atoms with Crippen LogP contribution in [0.2, 0.25) is 0 Å². The minimum Gasteiger partial charge on any atom is -0.271 e. The van der Waals surface area contributed by atoms with Gasteiger partial charge in [-0.05, 0) is 51.0 Å². The minimum atomic E-state index is 0.307. The van der Waals surface area contributed by atoms with Gasteiger partial charge in [-0.15, -0.1) is 0 Å². The van der Waals surface area contributed by atoms with Gasteiger partial charge >= 0.3 is 0 Å². The van der Waals surface area contributed by atoms with Gasteiger partial charge in [-0.1, -0.05) is 24.5 Å². The van der Waals surface area contributed by atoms with Crippen LogP contribution in [0.15, 0.2) is 23.9 Å². The molecule has 2 aliphatic rings. The number of aromatic nitrogens is 2. The van der Waals surface area contributed by atoms with E-state index in [9.17, 15) is 0 Å². The van der Waals surface area contributed by atoms with E-state index in [0.717, 1.165) is 12.8 Å². The van der Waals surface area contributed by atoms with Crippen LogP contribution < -0.4 is 11.3 Å². The molecule has 3 rings (SSSR count). The van der Waals surface area contributed by atoms with E-state index >= 15 is 0 Å². The lowest BCUT2D eigenvalue weighted by atomic mass is 9.93. The molecule has 21 heavy (non-hydrogen) atoms. The molecular weight excluding hydrogens is 260 g/mol. The number of hydrazine groups is 1. The fourth-order valence-electron chi connectivity index (χ4n) is 3.71. The molecule has 1 fully saturated rings. The number of rotatable bonds is 6. The zero-order chi connectivity index (χ0) is 14.5. The summed E-state index contributed by atoms with van der Waals surface area (Å²) >= 11 is 0. The molecule has 4 nitrogen and oxygen atoms in total. The third-order valence-electron chi connectivity index (χ3n) is 4.95. The van der Waals surface area contributed by atoms with Gasteiger partial charge in [0.1, 0.15) is 0 Å². The molecule has 2 aliphatic carbocycles. The van der Waals surface area contributed by atoms with Crippen molar-refractivity contribution < 1.29 is 0 Å². The first-order chi connectivity index (χ1) is 10.3. The van der Waals surface area contributed by atoms with Gasteiger partial charge in [-0.25, -0.2) is 0 Å². The van der Waals surface area contributed by atoms with E-state index < -0.39 is 0 Å². The summed E-state index contributed by atoms with van der Waals surface area (Å²) in [6.45, 7) is 0. The molecule has 116 valence electrons. The highest BCUT2D eigenvalue weighted by molar-refractivity contribution is 5.10. The summed E-state index contributed by atoms with van der Waals surface area (Å²) in [6, 6.07) is 3.10. The number of allylic oxidation sites excluding steroid dienone is 1. The van der Waals surface area contributed by atoms with Crippen molar-refractivity contribution in [2.45, 2.75) is 76.3 Å². The Balaban J connectivity index is 1.57. The zero-order valence-electron chi connectivity index (χ0n) is 12.9. The fourth-order valence-corrected chi connectivity index (χ4v) is 3.71. The maximum Gasteiger partial charge on any atom is 0.0640 e. The Morgan fingerprint density at radius 3 is 2.81 bits per heavy atom. The quantitative estimate of drug-likeness (QED) is 0.480. The predicted octanol–water partition coefficient (Wildman–Crippen LogP) is 3.26. The summed E-state index contributed by atoms with van der Waals surface area (Å²) in [6.07, 6.45) is 17.0. The topological polar surface area (TPSA) is 55.9 Å². The molecule has 0 spiro atoms. The van der Waals surface area contributed by atoms with E-state index in [1.165, 1.54) is 57.1 Å².